The number of piperidine rings is 1. The number of rotatable bonds is 4. The van der Waals surface area contributed by atoms with E-state index in [1.165, 1.54) is 17.0 Å². The van der Waals surface area contributed by atoms with E-state index in [4.69, 9.17) is 0 Å². The van der Waals surface area contributed by atoms with Gasteiger partial charge in [0.1, 0.15) is 0 Å². The van der Waals surface area contributed by atoms with Crippen molar-refractivity contribution in [2.75, 3.05) is 13.1 Å². The van der Waals surface area contributed by atoms with E-state index >= 15 is 0 Å². The van der Waals surface area contributed by atoms with Crippen LogP contribution in [0.2, 0.25) is 0 Å². The third-order valence-corrected chi connectivity index (χ3v) is 7.48. The van der Waals surface area contributed by atoms with Gasteiger partial charge in [0, 0.05) is 11.9 Å². The molecule has 5 rings (SSSR count). The van der Waals surface area contributed by atoms with E-state index in [1.807, 2.05) is 0 Å². The largest absolute Gasteiger partial charge is 0.416 e. The molecule has 2 aliphatic heterocycles. The second-order valence-electron chi connectivity index (χ2n) is 9.17. The van der Waals surface area contributed by atoms with Gasteiger partial charge in [-0.05, 0) is 66.2 Å². The Morgan fingerprint density at radius 1 is 1.08 bits per heavy atom. The number of alkyl halides is 6. The molecule has 2 atom stereocenters. The molecule has 0 aliphatic carbocycles. The molecule has 2 amide bonds. The maximum atomic E-state index is 13.6. The smallest absolute Gasteiger partial charge is 0.391 e. The predicted molar refractivity (Wildman–Crippen MR) is 130 cm³/mol. The molecule has 3 aromatic rings. The molecule has 206 valence electrons. The van der Waals surface area contributed by atoms with Crippen molar-refractivity contribution in [3.8, 4) is 0 Å². The molecule has 39 heavy (non-hydrogen) atoms. The lowest BCUT2D eigenvalue weighted by Crippen LogP contribution is -2.55. The van der Waals surface area contributed by atoms with Crippen molar-refractivity contribution in [2.24, 2.45) is 0 Å². The number of fused-ring (bicyclic) bond motifs is 1. The molecule has 2 aliphatic rings. The molecule has 0 unspecified atom stereocenters. The number of aliphatic hydroxyl groups excluding tert-OH is 1. The van der Waals surface area contributed by atoms with Gasteiger partial charge in [0.15, 0.2) is 0 Å². The Hall–Kier alpha value is -3.36. The number of halogens is 6. The van der Waals surface area contributed by atoms with Crippen LogP contribution in [0.3, 0.4) is 0 Å². The Morgan fingerprint density at radius 3 is 2.54 bits per heavy atom. The van der Waals surface area contributed by atoms with Gasteiger partial charge < -0.3 is 10.4 Å². The van der Waals surface area contributed by atoms with Gasteiger partial charge in [-0.2, -0.15) is 31.4 Å². The van der Waals surface area contributed by atoms with Crippen molar-refractivity contribution >= 4 is 39.9 Å². The summed E-state index contributed by atoms with van der Waals surface area (Å²) in [5.41, 5.74) is -2.22. The quantitative estimate of drug-likeness (QED) is 0.344. The highest BCUT2D eigenvalue weighted by atomic mass is 32.2. The van der Waals surface area contributed by atoms with Crippen LogP contribution in [0, 0.1) is 0 Å². The average Bonchev–Trinajstić information content (AvgIpc) is 3.37. The average molecular weight is 571 g/mol. The van der Waals surface area contributed by atoms with Gasteiger partial charge in [-0.25, -0.2) is 0 Å². The molecule has 1 aromatic heterocycles. The molecule has 2 saturated heterocycles. The summed E-state index contributed by atoms with van der Waals surface area (Å²) in [6, 6.07) is 5.58. The van der Waals surface area contributed by atoms with Crippen molar-refractivity contribution in [2.45, 2.75) is 37.5 Å². The number of aliphatic hydroxyl groups is 1. The van der Waals surface area contributed by atoms with Crippen molar-refractivity contribution in [3.63, 3.8) is 0 Å². The summed E-state index contributed by atoms with van der Waals surface area (Å²) in [4.78, 5) is 26.7. The van der Waals surface area contributed by atoms with Gasteiger partial charge in [-0.15, -0.1) is 0 Å². The van der Waals surface area contributed by atoms with Crippen molar-refractivity contribution < 1.29 is 41.0 Å². The molecule has 0 saturated carbocycles. The van der Waals surface area contributed by atoms with Crippen LogP contribution in [0.25, 0.3) is 17.0 Å². The van der Waals surface area contributed by atoms with E-state index in [1.54, 1.807) is 18.2 Å². The zero-order valence-corrected chi connectivity index (χ0v) is 20.7. The normalized spacial score (nSPS) is 21.9. The van der Waals surface area contributed by atoms with Gasteiger partial charge in [-0.1, -0.05) is 12.1 Å². The first-order valence-electron chi connectivity index (χ1n) is 11.7. The minimum Gasteiger partial charge on any atom is -0.391 e. The van der Waals surface area contributed by atoms with Crippen LogP contribution in [-0.2, 0) is 23.7 Å². The summed E-state index contributed by atoms with van der Waals surface area (Å²) < 4.78 is 80.9. The Morgan fingerprint density at radius 2 is 1.85 bits per heavy atom. The molecular weight excluding hydrogens is 550 g/mol. The number of nitrogens with one attached hydrogen (secondary N) is 1. The van der Waals surface area contributed by atoms with Gasteiger partial charge in [0.05, 0.1) is 46.4 Å². The first kappa shape index (κ1) is 27.2. The van der Waals surface area contributed by atoms with Crippen LogP contribution in [0.4, 0.5) is 31.1 Å². The highest BCUT2D eigenvalue weighted by Crippen LogP contribution is 2.38. The van der Waals surface area contributed by atoms with Crippen molar-refractivity contribution in [1.82, 2.24) is 20.0 Å². The van der Waals surface area contributed by atoms with Crippen LogP contribution in [0.1, 0.15) is 28.7 Å². The molecular formula is C25H20F6N4O3S. The molecule has 3 heterocycles. The van der Waals surface area contributed by atoms with E-state index in [2.05, 4.69) is 10.4 Å². The lowest BCUT2D eigenvalue weighted by Gasteiger charge is -2.33. The highest BCUT2D eigenvalue weighted by Gasteiger charge is 2.43. The third-order valence-electron chi connectivity index (χ3n) is 6.60. The zero-order valence-electron chi connectivity index (χ0n) is 19.9. The minimum absolute atomic E-state index is 0.0918. The SMILES string of the molecule is O=C1SC(=Cc2ccc3c(cnn3Cc3ccc(C(F)(F)F)cc3C(F)(F)F)c2)C(=O)N1[C@@H]1CNCC[C@H]1O. The van der Waals surface area contributed by atoms with Gasteiger partial charge in [0.2, 0.25) is 0 Å². The molecule has 0 bridgehead atoms. The Balaban J connectivity index is 1.40. The van der Waals surface area contributed by atoms with E-state index in [0.29, 0.717) is 35.5 Å². The zero-order chi connectivity index (χ0) is 28.1. The molecule has 14 heteroatoms. The number of carbonyl (C=O) groups is 2. The first-order valence-corrected chi connectivity index (χ1v) is 12.5. The van der Waals surface area contributed by atoms with Crippen molar-refractivity contribution in [1.29, 1.82) is 0 Å². The lowest BCUT2D eigenvalue weighted by atomic mass is 10.0. The maximum Gasteiger partial charge on any atom is 0.416 e. The van der Waals surface area contributed by atoms with Crippen molar-refractivity contribution in [3.05, 3.63) is 69.8 Å². The van der Waals surface area contributed by atoms with Gasteiger partial charge in [0.25, 0.3) is 11.1 Å². The molecule has 2 aromatic carbocycles. The second-order valence-corrected chi connectivity index (χ2v) is 10.2. The number of benzene rings is 2. The van der Waals surface area contributed by atoms with Crippen LogP contribution in [0.15, 0.2) is 47.5 Å². The number of thioether (sulfide) groups is 1. The van der Waals surface area contributed by atoms with E-state index < -0.39 is 53.3 Å². The molecule has 0 radical (unpaired) electrons. The van der Waals surface area contributed by atoms with Gasteiger partial charge in [-0.3, -0.25) is 19.2 Å². The number of aromatic nitrogens is 2. The maximum absolute atomic E-state index is 13.6. The number of imide groups is 1. The Bertz CT molecular complexity index is 1480. The van der Waals surface area contributed by atoms with Gasteiger partial charge >= 0.3 is 12.4 Å². The molecule has 7 nitrogen and oxygen atoms in total. The topological polar surface area (TPSA) is 87.5 Å². The summed E-state index contributed by atoms with van der Waals surface area (Å²) in [5, 5.41) is 17.4. The van der Waals surface area contributed by atoms with E-state index in [0.717, 1.165) is 22.7 Å². The van der Waals surface area contributed by atoms with Crippen LogP contribution in [0.5, 0.6) is 0 Å². The fraction of sp³-hybridized carbons (Fsp3) is 0.320. The van der Waals surface area contributed by atoms with Crippen LogP contribution >= 0.6 is 11.8 Å². The predicted octanol–water partition coefficient (Wildman–Crippen LogP) is 4.88. The Labute approximate surface area is 221 Å². The summed E-state index contributed by atoms with van der Waals surface area (Å²) in [7, 11) is 0. The van der Waals surface area contributed by atoms with E-state index in [-0.39, 0.29) is 23.1 Å². The number of hydrogen-bond donors (Lipinski definition) is 2. The number of carbonyl (C=O) groups excluding carboxylic acids is 2. The summed E-state index contributed by atoms with van der Waals surface area (Å²) in [6.07, 6.45) is -7.46. The van der Waals surface area contributed by atoms with Crippen LogP contribution < -0.4 is 5.32 Å². The number of amides is 2. The second kappa shape index (κ2) is 9.99. The lowest BCUT2D eigenvalue weighted by molar-refractivity contribution is -0.143. The minimum atomic E-state index is -5.00. The first-order chi connectivity index (χ1) is 18.3. The fourth-order valence-electron chi connectivity index (χ4n) is 4.65. The fourth-order valence-corrected chi connectivity index (χ4v) is 5.53. The highest BCUT2D eigenvalue weighted by molar-refractivity contribution is 8.18. The number of nitrogens with zero attached hydrogens (tertiary/aromatic N) is 3. The number of hydrogen-bond acceptors (Lipinski definition) is 6. The van der Waals surface area contributed by atoms with Crippen LogP contribution in [-0.4, -0.2) is 56.2 Å². The Kier molecular flexibility index (Phi) is 6.97. The summed E-state index contributed by atoms with van der Waals surface area (Å²) in [6.45, 7) is 0.437. The molecule has 2 fully saturated rings. The molecule has 0 spiro atoms. The summed E-state index contributed by atoms with van der Waals surface area (Å²) in [5.74, 6) is -0.532. The van der Waals surface area contributed by atoms with E-state index in [9.17, 15) is 41.0 Å². The monoisotopic (exact) mass is 570 g/mol. The summed E-state index contributed by atoms with van der Waals surface area (Å²) >= 11 is 0.744. The standard InChI is InChI=1S/C25H20F6N4O3S/c26-24(27,28)16-3-2-14(17(9-16)25(29,30)31)12-34-18-4-1-13(7-15(18)10-33-34)8-21-22(37)35(23(38)39-21)19-11-32-6-5-20(19)36/h1-4,7-10,19-20,32,36H,5-6,11-12H2/t19-,20-/m1/s1. The molecule has 2 N–H and O–H groups in total. The third kappa shape index (κ3) is 5.40.